The molecule has 0 fully saturated rings. The number of nitrogens with zero attached hydrogens (tertiary/aromatic N) is 1. The van der Waals surface area contributed by atoms with Gasteiger partial charge >= 0.3 is 12.0 Å². The third-order valence-electron chi connectivity index (χ3n) is 2.93. The molecule has 2 amide bonds. The number of hydrogen-bond acceptors (Lipinski definition) is 3. The van der Waals surface area contributed by atoms with Crippen LogP contribution in [0.25, 0.3) is 0 Å². The smallest absolute Gasteiger partial charge is 0.323 e. The van der Waals surface area contributed by atoms with E-state index in [1.165, 1.54) is 4.90 Å². The Bertz CT molecular complexity index is 476. The van der Waals surface area contributed by atoms with Crippen LogP contribution in [0.2, 0.25) is 0 Å². The minimum absolute atomic E-state index is 0.279. The van der Waals surface area contributed by atoms with E-state index in [-0.39, 0.29) is 12.6 Å². The SMILES string of the molecule is CCCN(CC(=O)O)C(=O)NCCc1cccc(OC)c1. The van der Waals surface area contributed by atoms with Gasteiger partial charge in [-0.25, -0.2) is 4.79 Å². The van der Waals surface area contributed by atoms with Gasteiger partial charge in [0.25, 0.3) is 0 Å². The van der Waals surface area contributed by atoms with Crippen molar-refractivity contribution in [2.75, 3.05) is 26.7 Å². The molecule has 0 saturated carbocycles. The number of aliphatic carboxylic acids is 1. The van der Waals surface area contributed by atoms with E-state index in [1.54, 1.807) is 7.11 Å². The number of carbonyl (C=O) groups is 2. The summed E-state index contributed by atoms with van der Waals surface area (Å²) in [6, 6.07) is 7.27. The van der Waals surface area contributed by atoms with Crippen LogP contribution < -0.4 is 10.1 Å². The lowest BCUT2D eigenvalue weighted by Gasteiger charge is -2.20. The van der Waals surface area contributed by atoms with Crippen LogP contribution in [0.3, 0.4) is 0 Å². The Balaban J connectivity index is 2.45. The second-order valence-electron chi connectivity index (χ2n) is 4.65. The molecular formula is C15H22N2O4. The Labute approximate surface area is 124 Å². The second-order valence-corrected chi connectivity index (χ2v) is 4.65. The van der Waals surface area contributed by atoms with Crippen molar-refractivity contribution >= 4 is 12.0 Å². The summed E-state index contributed by atoms with van der Waals surface area (Å²) in [5.74, 6) is -0.233. The molecule has 0 spiro atoms. The zero-order valence-corrected chi connectivity index (χ0v) is 12.5. The maximum atomic E-state index is 11.9. The van der Waals surface area contributed by atoms with E-state index in [2.05, 4.69) is 5.32 Å². The first-order chi connectivity index (χ1) is 10.1. The van der Waals surface area contributed by atoms with E-state index in [0.717, 1.165) is 17.7 Å². The third kappa shape index (κ3) is 6.16. The average Bonchev–Trinajstić information content (AvgIpc) is 2.46. The highest BCUT2D eigenvalue weighted by molar-refractivity contribution is 5.80. The van der Waals surface area contributed by atoms with Crippen LogP contribution in [0.5, 0.6) is 5.75 Å². The highest BCUT2D eigenvalue weighted by Gasteiger charge is 2.14. The quantitative estimate of drug-likeness (QED) is 0.765. The number of urea groups is 1. The predicted molar refractivity (Wildman–Crippen MR) is 79.6 cm³/mol. The molecule has 0 bridgehead atoms. The number of amides is 2. The van der Waals surface area contributed by atoms with Gasteiger partial charge in [0.1, 0.15) is 12.3 Å². The molecule has 21 heavy (non-hydrogen) atoms. The van der Waals surface area contributed by atoms with Crippen molar-refractivity contribution in [3.63, 3.8) is 0 Å². The third-order valence-corrected chi connectivity index (χ3v) is 2.93. The minimum atomic E-state index is -1.01. The van der Waals surface area contributed by atoms with Crippen molar-refractivity contribution in [3.05, 3.63) is 29.8 Å². The van der Waals surface area contributed by atoms with Gasteiger partial charge in [-0.05, 0) is 30.5 Å². The molecule has 0 aliphatic rings. The second kappa shape index (κ2) is 8.84. The summed E-state index contributed by atoms with van der Waals surface area (Å²) in [6.45, 7) is 2.50. The molecule has 1 aromatic carbocycles. The lowest BCUT2D eigenvalue weighted by Crippen LogP contribution is -2.43. The summed E-state index contributed by atoms with van der Waals surface area (Å²) in [5.41, 5.74) is 1.05. The Morgan fingerprint density at radius 1 is 1.38 bits per heavy atom. The van der Waals surface area contributed by atoms with Gasteiger partial charge in [0, 0.05) is 13.1 Å². The van der Waals surface area contributed by atoms with Crippen LogP contribution >= 0.6 is 0 Å². The maximum Gasteiger partial charge on any atom is 0.323 e. The fraction of sp³-hybridized carbons (Fsp3) is 0.467. The summed E-state index contributed by atoms with van der Waals surface area (Å²) in [4.78, 5) is 23.9. The number of carboxylic acid groups (broad SMARTS) is 1. The fourth-order valence-corrected chi connectivity index (χ4v) is 1.94. The summed E-state index contributed by atoms with van der Waals surface area (Å²) >= 11 is 0. The number of carbonyl (C=O) groups excluding carboxylic acids is 1. The van der Waals surface area contributed by atoms with Crippen molar-refractivity contribution in [1.29, 1.82) is 0 Å². The van der Waals surface area contributed by atoms with Gasteiger partial charge in [0.15, 0.2) is 0 Å². The maximum absolute atomic E-state index is 11.9. The summed E-state index contributed by atoms with van der Waals surface area (Å²) in [6.07, 6.45) is 1.38. The Morgan fingerprint density at radius 3 is 2.76 bits per heavy atom. The van der Waals surface area contributed by atoms with Gasteiger partial charge in [0.2, 0.25) is 0 Å². The van der Waals surface area contributed by atoms with Crippen LogP contribution in [0, 0.1) is 0 Å². The van der Waals surface area contributed by atoms with Crippen LogP contribution in [0.4, 0.5) is 4.79 Å². The predicted octanol–water partition coefficient (Wildman–Crippen LogP) is 1.74. The molecule has 0 aromatic heterocycles. The van der Waals surface area contributed by atoms with Gasteiger partial charge in [-0.2, -0.15) is 0 Å². The molecule has 1 rings (SSSR count). The molecule has 0 radical (unpaired) electrons. The van der Waals surface area contributed by atoms with E-state index in [0.29, 0.717) is 19.5 Å². The van der Waals surface area contributed by atoms with Crippen LogP contribution in [0.15, 0.2) is 24.3 Å². The largest absolute Gasteiger partial charge is 0.497 e. The monoisotopic (exact) mass is 294 g/mol. The molecule has 0 aliphatic carbocycles. The highest BCUT2D eigenvalue weighted by atomic mass is 16.5. The average molecular weight is 294 g/mol. The van der Waals surface area contributed by atoms with Gasteiger partial charge in [-0.15, -0.1) is 0 Å². The van der Waals surface area contributed by atoms with E-state index in [9.17, 15) is 9.59 Å². The normalized spacial score (nSPS) is 10.0. The molecule has 2 N–H and O–H groups in total. The first kappa shape index (κ1) is 16.8. The number of rotatable bonds is 8. The van der Waals surface area contributed by atoms with Crippen molar-refractivity contribution in [1.82, 2.24) is 10.2 Å². The molecule has 6 heteroatoms. The summed E-state index contributed by atoms with van der Waals surface area (Å²) in [5, 5.41) is 11.5. The van der Waals surface area contributed by atoms with Crippen molar-refractivity contribution < 1.29 is 19.4 Å². The molecule has 0 aliphatic heterocycles. The Morgan fingerprint density at radius 2 is 2.14 bits per heavy atom. The highest BCUT2D eigenvalue weighted by Crippen LogP contribution is 2.12. The Kier molecular flexibility index (Phi) is 7.08. The van der Waals surface area contributed by atoms with Crippen molar-refractivity contribution in [3.8, 4) is 5.75 Å². The first-order valence-electron chi connectivity index (χ1n) is 6.94. The zero-order valence-electron chi connectivity index (χ0n) is 12.5. The summed E-state index contributed by atoms with van der Waals surface area (Å²) < 4.78 is 5.14. The number of nitrogens with one attached hydrogen (secondary N) is 1. The molecule has 1 aromatic rings. The molecule has 0 atom stereocenters. The van der Waals surface area contributed by atoms with Crippen LogP contribution in [-0.2, 0) is 11.2 Å². The molecule has 6 nitrogen and oxygen atoms in total. The van der Waals surface area contributed by atoms with Crippen molar-refractivity contribution in [2.45, 2.75) is 19.8 Å². The number of methoxy groups -OCH3 is 1. The lowest BCUT2D eigenvalue weighted by atomic mass is 10.1. The van der Waals surface area contributed by atoms with Gasteiger partial charge < -0.3 is 20.1 Å². The fourth-order valence-electron chi connectivity index (χ4n) is 1.94. The molecule has 0 heterocycles. The van der Waals surface area contributed by atoms with Gasteiger partial charge in [-0.1, -0.05) is 19.1 Å². The molecular weight excluding hydrogens is 272 g/mol. The Hall–Kier alpha value is -2.24. The zero-order chi connectivity index (χ0) is 15.7. The lowest BCUT2D eigenvalue weighted by molar-refractivity contribution is -0.137. The van der Waals surface area contributed by atoms with E-state index >= 15 is 0 Å². The van der Waals surface area contributed by atoms with Crippen molar-refractivity contribution in [2.24, 2.45) is 0 Å². The first-order valence-corrected chi connectivity index (χ1v) is 6.94. The van der Waals surface area contributed by atoms with Gasteiger partial charge in [0.05, 0.1) is 7.11 Å². The molecule has 0 unspecified atom stereocenters. The van der Waals surface area contributed by atoms with E-state index in [1.807, 2.05) is 31.2 Å². The van der Waals surface area contributed by atoms with Crippen LogP contribution in [0.1, 0.15) is 18.9 Å². The number of ether oxygens (including phenoxy) is 1. The standard InChI is InChI=1S/C15H22N2O4/c1-3-9-17(11-14(18)19)15(20)16-8-7-12-5-4-6-13(10-12)21-2/h4-6,10H,3,7-9,11H2,1-2H3,(H,16,20)(H,18,19). The topological polar surface area (TPSA) is 78.9 Å². The van der Waals surface area contributed by atoms with E-state index < -0.39 is 5.97 Å². The molecule has 116 valence electrons. The number of carboxylic acids is 1. The van der Waals surface area contributed by atoms with Gasteiger partial charge in [-0.3, -0.25) is 4.79 Å². The van der Waals surface area contributed by atoms with Crippen LogP contribution in [-0.4, -0.2) is 48.8 Å². The van der Waals surface area contributed by atoms with E-state index in [4.69, 9.17) is 9.84 Å². The minimum Gasteiger partial charge on any atom is -0.497 e. The number of hydrogen-bond donors (Lipinski definition) is 2. The molecule has 0 saturated heterocycles. The number of benzene rings is 1. The summed E-state index contributed by atoms with van der Waals surface area (Å²) in [7, 11) is 1.61.